The lowest BCUT2D eigenvalue weighted by Gasteiger charge is -2.17. The number of nitrogens with two attached hydrogens (primary N) is 1. The van der Waals surface area contributed by atoms with Gasteiger partial charge in [-0.3, -0.25) is 4.79 Å². The molecule has 0 aliphatic rings. The van der Waals surface area contributed by atoms with Crippen molar-refractivity contribution >= 4 is 39.7 Å². The van der Waals surface area contributed by atoms with Crippen LogP contribution in [0.3, 0.4) is 0 Å². The maximum absolute atomic E-state index is 11.1. The third-order valence-electron chi connectivity index (χ3n) is 9.18. The molecule has 6 aromatic carbocycles. The number of phenolic OH excluding ortho intramolecular Hbond substituents is 2. The zero-order valence-corrected chi connectivity index (χ0v) is 31.3. The van der Waals surface area contributed by atoms with Gasteiger partial charge < -0.3 is 26.2 Å². The number of carbonyl (C=O) groups is 1. The maximum atomic E-state index is 11.1. The number of rotatable bonds is 10. The average Bonchev–Trinajstić information content (AvgIpc) is 3.14. The molecular weight excluding hydrogens is 670 g/mol. The first-order chi connectivity index (χ1) is 24.5. The molecule has 0 bridgehead atoms. The normalized spacial score (nSPS) is 12.4. The van der Waals surface area contributed by atoms with Gasteiger partial charge in [-0.15, -0.1) is 12.4 Å². The molecule has 0 aliphatic carbocycles. The van der Waals surface area contributed by atoms with Gasteiger partial charge in [-0.05, 0) is 125 Å². The summed E-state index contributed by atoms with van der Waals surface area (Å²) in [5.41, 5.74) is 11.9. The number of aromatic hydroxyl groups is 2. The number of aryl methyl sites for hydroxylation is 2. The topological polar surface area (TPSA) is 124 Å². The quantitative estimate of drug-likeness (QED) is 0.0960. The zero-order chi connectivity index (χ0) is 36.9. The van der Waals surface area contributed by atoms with Gasteiger partial charge >= 0.3 is 0 Å². The van der Waals surface area contributed by atoms with Gasteiger partial charge in [-0.25, -0.2) is 0 Å². The van der Waals surface area contributed by atoms with E-state index in [1.54, 1.807) is 43.3 Å². The molecule has 0 aliphatic heterocycles. The van der Waals surface area contributed by atoms with Crippen molar-refractivity contribution in [2.45, 2.75) is 65.6 Å². The van der Waals surface area contributed by atoms with Crippen molar-refractivity contribution in [2.24, 2.45) is 11.7 Å². The first-order valence-corrected chi connectivity index (χ1v) is 17.5. The highest BCUT2D eigenvalue weighted by Crippen LogP contribution is 2.28. The monoisotopic (exact) mass is 721 g/mol. The Labute approximate surface area is 314 Å². The molecule has 7 heteroatoms. The molecule has 0 spiro atoms. The van der Waals surface area contributed by atoms with Crippen LogP contribution in [0.5, 0.6) is 11.5 Å². The van der Waals surface area contributed by atoms with Crippen LogP contribution in [-0.4, -0.2) is 32.8 Å². The zero-order valence-electron chi connectivity index (χ0n) is 30.5. The molecule has 52 heavy (non-hydrogen) atoms. The van der Waals surface area contributed by atoms with E-state index in [-0.39, 0.29) is 36.2 Å². The first-order valence-electron chi connectivity index (χ1n) is 17.5. The summed E-state index contributed by atoms with van der Waals surface area (Å²) in [6, 6.07) is 38.6. The number of halogens is 1. The molecule has 3 unspecified atom stereocenters. The highest BCUT2D eigenvalue weighted by molar-refractivity contribution is 5.92. The standard InChI is InChI=1S/C23H26O2.C14H14O.C8H11NO2.ClH/c1-16(7-14-23(25)18-10-12-20(24)13-11-18)15-19-9-8-17(2)21-5-3-4-6-22(19)21;1-10-7-8-12(9-11(2)15)14-6-4-3-5-13(10)14;9-5-8(11)6-1-3-7(10)4-2-6;/h3-6,8-13,16,23-25H,7,14-15H2,1-2H3;3-8H,9H2,1-2H3;1-4,8,10-11H,5,9H2;1H. The van der Waals surface area contributed by atoms with Crippen molar-refractivity contribution in [3.63, 3.8) is 0 Å². The van der Waals surface area contributed by atoms with E-state index in [4.69, 9.17) is 10.8 Å². The highest BCUT2D eigenvalue weighted by atomic mass is 35.5. The van der Waals surface area contributed by atoms with Crippen LogP contribution in [0.1, 0.15) is 72.3 Å². The van der Waals surface area contributed by atoms with Crippen LogP contribution in [-0.2, 0) is 17.6 Å². The third kappa shape index (κ3) is 11.9. The number of Topliss-reactive ketones (excluding diaryl/α,β-unsaturated/α-hetero) is 1. The van der Waals surface area contributed by atoms with E-state index in [2.05, 4.69) is 81.4 Å². The summed E-state index contributed by atoms with van der Waals surface area (Å²) in [4.78, 5) is 11.1. The van der Waals surface area contributed by atoms with Crippen molar-refractivity contribution in [1.29, 1.82) is 0 Å². The lowest BCUT2D eigenvalue weighted by molar-refractivity contribution is -0.116. The number of fused-ring (bicyclic) bond motifs is 2. The van der Waals surface area contributed by atoms with Gasteiger partial charge in [-0.1, -0.05) is 104 Å². The maximum Gasteiger partial charge on any atom is 0.134 e. The van der Waals surface area contributed by atoms with Gasteiger partial charge in [0.2, 0.25) is 0 Å². The van der Waals surface area contributed by atoms with Crippen molar-refractivity contribution < 1.29 is 25.2 Å². The van der Waals surface area contributed by atoms with E-state index >= 15 is 0 Å². The highest BCUT2D eigenvalue weighted by Gasteiger charge is 2.13. The van der Waals surface area contributed by atoms with Crippen molar-refractivity contribution in [3.8, 4) is 11.5 Å². The fraction of sp³-hybridized carbons (Fsp3) is 0.267. The van der Waals surface area contributed by atoms with Crippen LogP contribution in [0, 0.1) is 19.8 Å². The number of benzene rings is 6. The molecule has 0 amide bonds. The molecular formula is C45H52ClNO5. The molecule has 0 radical (unpaired) electrons. The van der Waals surface area contributed by atoms with Crippen LogP contribution in [0.25, 0.3) is 21.5 Å². The van der Waals surface area contributed by atoms with Gasteiger partial charge in [0.25, 0.3) is 0 Å². The second kappa shape index (κ2) is 20.4. The van der Waals surface area contributed by atoms with E-state index in [0.29, 0.717) is 12.3 Å². The molecule has 0 saturated heterocycles. The van der Waals surface area contributed by atoms with E-state index in [1.165, 1.54) is 50.4 Å². The van der Waals surface area contributed by atoms with E-state index in [1.807, 2.05) is 12.1 Å². The van der Waals surface area contributed by atoms with Gasteiger partial charge in [0, 0.05) is 13.0 Å². The van der Waals surface area contributed by atoms with E-state index in [0.717, 1.165) is 36.0 Å². The Hall–Kier alpha value is -4.72. The smallest absolute Gasteiger partial charge is 0.134 e. The number of aliphatic hydroxyl groups is 2. The molecule has 6 aromatic rings. The lowest BCUT2D eigenvalue weighted by Crippen LogP contribution is -2.10. The Morgan fingerprint density at radius 3 is 1.48 bits per heavy atom. The molecule has 0 heterocycles. The van der Waals surface area contributed by atoms with Crippen LogP contribution in [0.4, 0.5) is 0 Å². The number of ketones is 1. The summed E-state index contributed by atoms with van der Waals surface area (Å²) in [5, 5.41) is 42.9. The predicted octanol–water partition coefficient (Wildman–Crippen LogP) is 9.63. The number of hydrogen-bond donors (Lipinski definition) is 5. The summed E-state index contributed by atoms with van der Waals surface area (Å²) < 4.78 is 0. The molecule has 6 rings (SSSR count). The largest absolute Gasteiger partial charge is 0.508 e. The third-order valence-corrected chi connectivity index (χ3v) is 9.18. The molecule has 0 aromatic heterocycles. The minimum Gasteiger partial charge on any atom is -0.508 e. The Bertz CT molecular complexity index is 2010. The van der Waals surface area contributed by atoms with Crippen LogP contribution < -0.4 is 5.73 Å². The number of aliphatic hydroxyl groups excluding tert-OH is 2. The summed E-state index contributed by atoms with van der Waals surface area (Å²) >= 11 is 0. The van der Waals surface area contributed by atoms with Crippen LogP contribution in [0.2, 0.25) is 0 Å². The fourth-order valence-electron chi connectivity index (χ4n) is 6.24. The molecule has 274 valence electrons. The summed E-state index contributed by atoms with van der Waals surface area (Å²) in [5.74, 6) is 1.13. The summed E-state index contributed by atoms with van der Waals surface area (Å²) in [6.07, 6.45) is 2.14. The van der Waals surface area contributed by atoms with Gasteiger partial charge in [0.1, 0.15) is 17.3 Å². The van der Waals surface area contributed by atoms with Gasteiger partial charge in [0.15, 0.2) is 0 Å². The van der Waals surface area contributed by atoms with E-state index < -0.39 is 12.2 Å². The molecule has 0 fully saturated rings. The lowest BCUT2D eigenvalue weighted by atomic mass is 9.90. The minimum atomic E-state index is -0.629. The fourth-order valence-corrected chi connectivity index (χ4v) is 6.24. The molecule has 0 saturated carbocycles. The van der Waals surface area contributed by atoms with Gasteiger partial charge in [0.05, 0.1) is 12.2 Å². The number of hydrogen-bond acceptors (Lipinski definition) is 6. The van der Waals surface area contributed by atoms with Crippen molar-refractivity contribution in [2.75, 3.05) is 6.54 Å². The predicted molar refractivity (Wildman–Crippen MR) is 216 cm³/mol. The summed E-state index contributed by atoms with van der Waals surface area (Å²) in [7, 11) is 0. The number of carbonyl (C=O) groups excluding carboxylic acids is 1. The average molecular weight is 722 g/mol. The Kier molecular flexibility index (Phi) is 16.3. The molecule has 6 nitrogen and oxygen atoms in total. The van der Waals surface area contributed by atoms with E-state index in [9.17, 15) is 20.1 Å². The number of phenols is 2. The van der Waals surface area contributed by atoms with Crippen molar-refractivity contribution in [3.05, 3.63) is 155 Å². The Balaban J connectivity index is 0.000000230. The van der Waals surface area contributed by atoms with Crippen LogP contribution in [0.15, 0.2) is 121 Å². The second-order valence-electron chi connectivity index (χ2n) is 13.4. The SMILES string of the molecule is CC(=O)Cc1ccc(C)c2ccccc12.Cc1ccc(CC(C)CCC(O)c2ccc(O)cc2)c2ccccc12.Cl.NCC(O)c1ccc(O)cc1. The minimum absolute atomic E-state index is 0. The van der Waals surface area contributed by atoms with Crippen LogP contribution >= 0.6 is 12.4 Å². The van der Waals surface area contributed by atoms with Crippen molar-refractivity contribution in [1.82, 2.24) is 0 Å². The van der Waals surface area contributed by atoms with Gasteiger partial charge in [-0.2, -0.15) is 0 Å². The molecule has 6 N–H and O–H groups in total. The second-order valence-corrected chi connectivity index (χ2v) is 13.4. The first kappa shape index (κ1) is 41.7. The summed E-state index contributed by atoms with van der Waals surface area (Å²) in [6.45, 7) is 8.33. The molecule has 3 atom stereocenters. The Morgan fingerprint density at radius 1 is 0.596 bits per heavy atom. The Morgan fingerprint density at radius 2 is 1.02 bits per heavy atom.